The Bertz CT molecular complexity index is 1230. The number of fused-ring (bicyclic) bond motifs is 1. The summed E-state index contributed by atoms with van der Waals surface area (Å²) < 4.78 is 2.33. The van der Waals surface area contributed by atoms with Gasteiger partial charge in [0.1, 0.15) is 17.5 Å². The zero-order valence-corrected chi connectivity index (χ0v) is 19.7. The largest absolute Gasteiger partial charge is 0.327 e. The average molecular weight is 448 g/mol. The molecule has 0 spiro atoms. The standard InChI is InChI=1S/C24H29N7S/c1-4-31-19-10-6-5-9-18(19)27-22(31)15-30-12-8-7-11-20(30)23-26-16(2)13-21(28-23)29-24-25-14-17(3)32-24/h5-6,9-10,13-14,20H,4,7-8,11-12,15H2,1-3H3,(H,25,26,28,29). The third-order valence-corrected chi connectivity index (χ3v) is 6.86. The van der Waals surface area contributed by atoms with Crippen LogP contribution in [0, 0.1) is 13.8 Å². The number of hydrogen-bond donors (Lipinski definition) is 1. The number of nitrogens with one attached hydrogen (secondary N) is 1. The van der Waals surface area contributed by atoms with Gasteiger partial charge in [-0.1, -0.05) is 18.6 Å². The van der Waals surface area contributed by atoms with E-state index < -0.39 is 0 Å². The van der Waals surface area contributed by atoms with Gasteiger partial charge in [0.2, 0.25) is 0 Å². The van der Waals surface area contributed by atoms with E-state index in [-0.39, 0.29) is 6.04 Å². The van der Waals surface area contributed by atoms with Gasteiger partial charge in [0, 0.05) is 29.4 Å². The molecular formula is C24H29N7S. The molecule has 1 saturated heterocycles. The van der Waals surface area contributed by atoms with Crippen LogP contribution in [0.25, 0.3) is 11.0 Å². The third-order valence-electron chi connectivity index (χ3n) is 6.03. The van der Waals surface area contributed by atoms with E-state index in [9.17, 15) is 0 Å². The number of hydrogen-bond acceptors (Lipinski definition) is 7. The maximum atomic E-state index is 4.96. The van der Waals surface area contributed by atoms with Crippen molar-refractivity contribution in [3.8, 4) is 0 Å². The Kier molecular flexibility index (Phi) is 5.89. The van der Waals surface area contributed by atoms with E-state index in [1.165, 1.54) is 23.2 Å². The lowest BCUT2D eigenvalue weighted by Gasteiger charge is -2.34. The fourth-order valence-electron chi connectivity index (χ4n) is 4.58. The van der Waals surface area contributed by atoms with Crippen molar-refractivity contribution in [2.75, 3.05) is 11.9 Å². The smallest absolute Gasteiger partial charge is 0.188 e. The molecular weight excluding hydrogens is 418 g/mol. The second-order valence-electron chi connectivity index (χ2n) is 8.40. The zero-order chi connectivity index (χ0) is 22.1. The van der Waals surface area contributed by atoms with Crippen molar-refractivity contribution in [3.05, 3.63) is 58.7 Å². The minimum Gasteiger partial charge on any atom is -0.327 e. The first-order valence-electron chi connectivity index (χ1n) is 11.3. The second-order valence-corrected chi connectivity index (χ2v) is 9.63. The van der Waals surface area contributed by atoms with Crippen LogP contribution in [0.5, 0.6) is 0 Å². The third kappa shape index (κ3) is 4.25. The molecule has 1 aliphatic rings. The fourth-order valence-corrected chi connectivity index (χ4v) is 5.25. The van der Waals surface area contributed by atoms with Crippen LogP contribution in [0.3, 0.4) is 0 Å². The quantitative estimate of drug-likeness (QED) is 0.427. The highest BCUT2D eigenvalue weighted by Gasteiger charge is 2.28. The first-order chi connectivity index (χ1) is 15.6. The number of thiazole rings is 1. The Morgan fingerprint density at radius 1 is 1.12 bits per heavy atom. The van der Waals surface area contributed by atoms with Gasteiger partial charge in [-0.25, -0.2) is 19.9 Å². The van der Waals surface area contributed by atoms with E-state index in [1.54, 1.807) is 11.3 Å². The van der Waals surface area contributed by atoms with Gasteiger partial charge < -0.3 is 9.88 Å². The highest BCUT2D eigenvalue weighted by atomic mass is 32.1. The molecule has 0 amide bonds. The van der Waals surface area contributed by atoms with Crippen molar-refractivity contribution in [1.82, 2.24) is 29.4 Å². The molecule has 1 fully saturated rings. The molecule has 1 unspecified atom stereocenters. The summed E-state index contributed by atoms with van der Waals surface area (Å²) in [4.78, 5) is 22.8. The van der Waals surface area contributed by atoms with Gasteiger partial charge in [-0.05, 0) is 52.3 Å². The van der Waals surface area contributed by atoms with E-state index in [2.05, 4.69) is 57.9 Å². The lowest BCUT2D eigenvalue weighted by molar-refractivity contribution is 0.129. The molecule has 8 heteroatoms. The summed E-state index contributed by atoms with van der Waals surface area (Å²) >= 11 is 1.63. The van der Waals surface area contributed by atoms with E-state index >= 15 is 0 Å². The maximum absolute atomic E-state index is 4.96. The Labute approximate surface area is 192 Å². The summed E-state index contributed by atoms with van der Waals surface area (Å²) in [7, 11) is 0. The molecule has 1 aromatic carbocycles. The molecule has 5 rings (SSSR count). The highest BCUT2D eigenvalue weighted by molar-refractivity contribution is 7.15. The zero-order valence-electron chi connectivity index (χ0n) is 18.9. The van der Waals surface area contributed by atoms with Crippen LogP contribution in [0.4, 0.5) is 10.9 Å². The van der Waals surface area contributed by atoms with Crippen molar-refractivity contribution in [3.63, 3.8) is 0 Å². The molecule has 0 bridgehead atoms. The van der Waals surface area contributed by atoms with Crippen LogP contribution >= 0.6 is 11.3 Å². The number of aryl methyl sites for hydroxylation is 3. The molecule has 1 N–H and O–H groups in total. The Morgan fingerprint density at radius 2 is 2.00 bits per heavy atom. The SMILES string of the molecule is CCn1c(CN2CCCCC2c2nc(C)cc(Nc3ncc(C)s3)n2)nc2ccccc21. The van der Waals surface area contributed by atoms with Gasteiger partial charge >= 0.3 is 0 Å². The summed E-state index contributed by atoms with van der Waals surface area (Å²) in [5.41, 5.74) is 3.24. The number of rotatable bonds is 6. The molecule has 4 aromatic rings. The number of likely N-dealkylation sites (tertiary alicyclic amines) is 1. The Hall–Kier alpha value is -2.84. The number of benzene rings is 1. The maximum Gasteiger partial charge on any atom is 0.188 e. The molecule has 3 aromatic heterocycles. The van der Waals surface area contributed by atoms with Crippen LogP contribution < -0.4 is 5.32 Å². The first-order valence-corrected chi connectivity index (χ1v) is 12.2. The van der Waals surface area contributed by atoms with Crippen molar-refractivity contribution in [2.45, 2.75) is 59.2 Å². The van der Waals surface area contributed by atoms with Crippen LogP contribution in [0.15, 0.2) is 36.5 Å². The Morgan fingerprint density at radius 3 is 2.81 bits per heavy atom. The number of aromatic nitrogens is 5. The summed E-state index contributed by atoms with van der Waals surface area (Å²) in [6.45, 7) is 9.03. The number of imidazole rings is 1. The molecule has 0 aliphatic carbocycles. The molecule has 32 heavy (non-hydrogen) atoms. The lowest BCUT2D eigenvalue weighted by atomic mass is 10.0. The topological polar surface area (TPSA) is 71.8 Å². The van der Waals surface area contributed by atoms with Gasteiger partial charge in [0.05, 0.1) is 23.6 Å². The van der Waals surface area contributed by atoms with Gasteiger partial charge in [0.25, 0.3) is 0 Å². The predicted octanol–water partition coefficient (Wildman–Crippen LogP) is 5.39. The summed E-state index contributed by atoms with van der Waals surface area (Å²) in [6.07, 6.45) is 5.32. The van der Waals surface area contributed by atoms with Gasteiger partial charge in [-0.3, -0.25) is 4.90 Å². The fraction of sp³-hybridized carbons (Fsp3) is 0.417. The van der Waals surface area contributed by atoms with Crippen molar-refractivity contribution < 1.29 is 0 Å². The Balaban J connectivity index is 1.44. The highest BCUT2D eigenvalue weighted by Crippen LogP contribution is 2.32. The van der Waals surface area contributed by atoms with Gasteiger partial charge in [-0.15, -0.1) is 11.3 Å². The molecule has 7 nitrogen and oxygen atoms in total. The van der Waals surface area contributed by atoms with Crippen LogP contribution in [0.1, 0.15) is 54.4 Å². The second kappa shape index (κ2) is 8.96. The number of para-hydroxylation sites is 2. The normalized spacial score (nSPS) is 17.2. The summed E-state index contributed by atoms with van der Waals surface area (Å²) in [5.74, 6) is 2.82. The van der Waals surface area contributed by atoms with Gasteiger partial charge in [-0.2, -0.15) is 0 Å². The number of piperidine rings is 1. The van der Waals surface area contributed by atoms with Crippen molar-refractivity contribution >= 4 is 33.3 Å². The van der Waals surface area contributed by atoms with E-state index in [0.29, 0.717) is 0 Å². The summed E-state index contributed by atoms with van der Waals surface area (Å²) in [5, 5.41) is 4.23. The molecule has 166 valence electrons. The van der Waals surface area contributed by atoms with Crippen molar-refractivity contribution in [1.29, 1.82) is 0 Å². The minimum atomic E-state index is 0.187. The monoisotopic (exact) mass is 447 g/mol. The first kappa shape index (κ1) is 21.0. The van der Waals surface area contributed by atoms with Crippen LogP contribution in [-0.4, -0.2) is 35.9 Å². The van der Waals surface area contributed by atoms with E-state index in [0.717, 1.165) is 59.9 Å². The molecule has 1 aliphatic heterocycles. The number of nitrogens with zero attached hydrogens (tertiary/aromatic N) is 6. The molecule has 0 radical (unpaired) electrons. The molecule has 0 saturated carbocycles. The molecule has 4 heterocycles. The summed E-state index contributed by atoms with van der Waals surface area (Å²) in [6, 6.07) is 10.6. The van der Waals surface area contributed by atoms with E-state index in [4.69, 9.17) is 15.0 Å². The number of anilines is 2. The average Bonchev–Trinajstić information content (AvgIpc) is 3.35. The van der Waals surface area contributed by atoms with Crippen LogP contribution in [0.2, 0.25) is 0 Å². The predicted molar refractivity (Wildman–Crippen MR) is 129 cm³/mol. The van der Waals surface area contributed by atoms with E-state index in [1.807, 2.05) is 19.2 Å². The molecule has 1 atom stereocenters. The lowest BCUT2D eigenvalue weighted by Crippen LogP contribution is -2.35. The van der Waals surface area contributed by atoms with Gasteiger partial charge in [0.15, 0.2) is 5.13 Å². The van der Waals surface area contributed by atoms with Crippen LogP contribution in [-0.2, 0) is 13.1 Å². The van der Waals surface area contributed by atoms with Crippen molar-refractivity contribution in [2.24, 2.45) is 0 Å². The minimum absolute atomic E-state index is 0.187.